The number of hydrogen-bond acceptors (Lipinski definition) is 4. The van der Waals surface area contributed by atoms with Gasteiger partial charge in [-0.3, -0.25) is 10.00 Å². The Kier molecular flexibility index (Phi) is 5.21. The Labute approximate surface area is 129 Å². The zero-order valence-corrected chi connectivity index (χ0v) is 13.2. The molecule has 110 valence electrons. The van der Waals surface area contributed by atoms with E-state index in [0.29, 0.717) is 12.0 Å². The number of halogens is 1. The van der Waals surface area contributed by atoms with E-state index in [0.717, 1.165) is 31.7 Å². The van der Waals surface area contributed by atoms with Crippen molar-refractivity contribution in [2.45, 2.75) is 25.9 Å². The number of piperidine rings is 1. The minimum absolute atomic E-state index is 0. The molecule has 3 N–H and O–H groups in total. The Morgan fingerprint density at radius 2 is 2.40 bits per heavy atom. The van der Waals surface area contributed by atoms with E-state index in [-0.39, 0.29) is 12.4 Å². The molecule has 3 rings (SSSR count). The van der Waals surface area contributed by atoms with Crippen molar-refractivity contribution in [3.05, 3.63) is 28.6 Å². The van der Waals surface area contributed by atoms with E-state index in [4.69, 9.17) is 5.73 Å². The summed E-state index contributed by atoms with van der Waals surface area (Å²) < 4.78 is 0. The van der Waals surface area contributed by atoms with E-state index in [1.807, 2.05) is 6.20 Å². The second-order valence-electron chi connectivity index (χ2n) is 5.45. The molecule has 0 spiro atoms. The molecular weight excluding hydrogens is 292 g/mol. The van der Waals surface area contributed by atoms with Crippen LogP contribution >= 0.6 is 23.7 Å². The standard InChI is InChI=1S/C14H20N4S.ClH/c1-10-7-18(4-2-13(10)15)8-12-6-16-17-14(12)11-3-5-19-9-11;/h3,5-6,9-10,13H,2,4,7-8,15H2,1H3,(H,16,17);1H. The predicted molar refractivity (Wildman–Crippen MR) is 86.2 cm³/mol. The van der Waals surface area contributed by atoms with E-state index >= 15 is 0 Å². The third-order valence-corrected chi connectivity index (χ3v) is 4.66. The Morgan fingerprint density at radius 1 is 1.55 bits per heavy atom. The molecule has 0 aromatic carbocycles. The Bertz CT molecular complexity index is 525. The topological polar surface area (TPSA) is 57.9 Å². The van der Waals surface area contributed by atoms with Crippen molar-refractivity contribution in [3.63, 3.8) is 0 Å². The Hall–Kier alpha value is -0.880. The number of nitrogens with zero attached hydrogens (tertiary/aromatic N) is 2. The molecule has 0 amide bonds. The number of aromatic nitrogens is 2. The smallest absolute Gasteiger partial charge is 0.0703 e. The van der Waals surface area contributed by atoms with Crippen LogP contribution in [0, 0.1) is 5.92 Å². The maximum absolute atomic E-state index is 6.08. The number of likely N-dealkylation sites (tertiary alicyclic amines) is 1. The first-order valence-electron chi connectivity index (χ1n) is 6.77. The van der Waals surface area contributed by atoms with Crippen LogP contribution in [0.1, 0.15) is 18.9 Å². The summed E-state index contributed by atoms with van der Waals surface area (Å²) in [5, 5.41) is 11.6. The fraction of sp³-hybridized carbons (Fsp3) is 0.500. The summed E-state index contributed by atoms with van der Waals surface area (Å²) in [5.74, 6) is 0.574. The Morgan fingerprint density at radius 3 is 3.10 bits per heavy atom. The summed E-state index contributed by atoms with van der Waals surface area (Å²) in [6, 6.07) is 2.49. The molecule has 4 nitrogen and oxygen atoms in total. The number of nitrogens with two attached hydrogens (primary N) is 1. The van der Waals surface area contributed by atoms with E-state index in [1.165, 1.54) is 11.1 Å². The summed E-state index contributed by atoms with van der Waals surface area (Å²) in [7, 11) is 0. The zero-order chi connectivity index (χ0) is 13.2. The molecule has 2 aromatic heterocycles. The van der Waals surface area contributed by atoms with Gasteiger partial charge in [0.25, 0.3) is 0 Å². The summed E-state index contributed by atoms with van der Waals surface area (Å²) in [6.07, 6.45) is 3.04. The first kappa shape index (κ1) is 15.5. The monoisotopic (exact) mass is 312 g/mol. The maximum atomic E-state index is 6.08. The second-order valence-corrected chi connectivity index (χ2v) is 6.23. The molecule has 20 heavy (non-hydrogen) atoms. The van der Waals surface area contributed by atoms with Crippen molar-refractivity contribution in [2.75, 3.05) is 13.1 Å². The van der Waals surface area contributed by atoms with Crippen LogP contribution in [0.25, 0.3) is 11.3 Å². The largest absolute Gasteiger partial charge is 0.327 e. The third kappa shape index (κ3) is 3.23. The molecule has 1 fully saturated rings. The van der Waals surface area contributed by atoms with Crippen LogP contribution in [0.5, 0.6) is 0 Å². The SMILES string of the molecule is CC1CN(Cc2cn[nH]c2-c2ccsc2)CCC1N.Cl. The maximum Gasteiger partial charge on any atom is 0.0703 e. The summed E-state index contributed by atoms with van der Waals surface area (Å²) in [6.45, 7) is 5.36. The fourth-order valence-electron chi connectivity index (χ4n) is 2.72. The normalized spacial score (nSPS) is 23.5. The van der Waals surface area contributed by atoms with Crippen LogP contribution in [-0.4, -0.2) is 34.2 Å². The van der Waals surface area contributed by atoms with Gasteiger partial charge in [-0.25, -0.2) is 0 Å². The summed E-state index contributed by atoms with van der Waals surface area (Å²) in [5.41, 5.74) is 9.75. The van der Waals surface area contributed by atoms with Crippen molar-refractivity contribution in [1.29, 1.82) is 0 Å². The highest BCUT2D eigenvalue weighted by Gasteiger charge is 2.24. The van der Waals surface area contributed by atoms with Gasteiger partial charge in [-0.2, -0.15) is 16.4 Å². The van der Waals surface area contributed by atoms with Crippen LogP contribution in [-0.2, 0) is 6.54 Å². The molecule has 0 aliphatic carbocycles. The number of thiophene rings is 1. The van der Waals surface area contributed by atoms with Gasteiger partial charge in [-0.1, -0.05) is 6.92 Å². The summed E-state index contributed by atoms with van der Waals surface area (Å²) >= 11 is 1.72. The number of nitrogens with one attached hydrogen (secondary N) is 1. The average Bonchev–Trinajstić information content (AvgIpc) is 3.04. The van der Waals surface area contributed by atoms with Gasteiger partial charge in [-0.05, 0) is 30.3 Å². The number of H-pyrrole nitrogens is 1. The van der Waals surface area contributed by atoms with Gasteiger partial charge in [0.2, 0.25) is 0 Å². The highest BCUT2D eigenvalue weighted by Crippen LogP contribution is 2.25. The van der Waals surface area contributed by atoms with Gasteiger partial charge >= 0.3 is 0 Å². The van der Waals surface area contributed by atoms with Gasteiger partial charge < -0.3 is 5.73 Å². The first-order valence-corrected chi connectivity index (χ1v) is 7.71. The van der Waals surface area contributed by atoms with Gasteiger partial charge in [0, 0.05) is 35.6 Å². The number of hydrogen-bond donors (Lipinski definition) is 2. The van der Waals surface area contributed by atoms with Gasteiger partial charge in [0.1, 0.15) is 0 Å². The van der Waals surface area contributed by atoms with Gasteiger partial charge in [0.15, 0.2) is 0 Å². The van der Waals surface area contributed by atoms with Crippen molar-refractivity contribution < 1.29 is 0 Å². The third-order valence-electron chi connectivity index (χ3n) is 3.98. The average molecular weight is 313 g/mol. The molecule has 1 aliphatic rings. The second kappa shape index (κ2) is 6.72. The van der Waals surface area contributed by atoms with E-state index in [2.05, 4.69) is 38.8 Å². The molecule has 0 radical (unpaired) electrons. The van der Waals surface area contributed by atoms with Crippen molar-refractivity contribution in [3.8, 4) is 11.3 Å². The molecule has 0 bridgehead atoms. The van der Waals surface area contributed by atoms with Crippen molar-refractivity contribution in [1.82, 2.24) is 15.1 Å². The molecule has 0 saturated carbocycles. The summed E-state index contributed by atoms with van der Waals surface area (Å²) in [4.78, 5) is 2.48. The lowest BCUT2D eigenvalue weighted by Crippen LogP contribution is -2.45. The van der Waals surface area contributed by atoms with Crippen molar-refractivity contribution in [2.24, 2.45) is 11.7 Å². The zero-order valence-electron chi connectivity index (χ0n) is 11.6. The molecule has 2 atom stereocenters. The van der Waals surface area contributed by atoms with Gasteiger partial charge in [0.05, 0.1) is 11.9 Å². The molecule has 2 aromatic rings. The van der Waals surface area contributed by atoms with Crippen molar-refractivity contribution >= 4 is 23.7 Å². The van der Waals surface area contributed by atoms with Crippen LogP contribution in [0.15, 0.2) is 23.0 Å². The minimum atomic E-state index is 0. The lowest BCUT2D eigenvalue weighted by molar-refractivity contribution is 0.158. The van der Waals surface area contributed by atoms with Crippen LogP contribution in [0.2, 0.25) is 0 Å². The van der Waals surface area contributed by atoms with Crippen LogP contribution in [0.4, 0.5) is 0 Å². The highest BCUT2D eigenvalue weighted by molar-refractivity contribution is 7.08. The highest BCUT2D eigenvalue weighted by atomic mass is 35.5. The quantitative estimate of drug-likeness (QED) is 0.916. The minimum Gasteiger partial charge on any atom is -0.327 e. The molecule has 1 saturated heterocycles. The molecular formula is C14H21ClN4S. The van der Waals surface area contributed by atoms with E-state index < -0.39 is 0 Å². The number of rotatable bonds is 3. The Balaban J connectivity index is 0.00000147. The lowest BCUT2D eigenvalue weighted by atomic mass is 9.94. The molecule has 6 heteroatoms. The van der Waals surface area contributed by atoms with Crippen LogP contribution < -0.4 is 5.73 Å². The molecule has 3 heterocycles. The van der Waals surface area contributed by atoms with Crippen LogP contribution in [0.3, 0.4) is 0 Å². The molecule has 2 unspecified atom stereocenters. The fourth-order valence-corrected chi connectivity index (χ4v) is 3.37. The first-order chi connectivity index (χ1) is 9.24. The lowest BCUT2D eigenvalue weighted by Gasteiger charge is -2.34. The van der Waals surface area contributed by atoms with E-state index in [1.54, 1.807) is 11.3 Å². The predicted octanol–water partition coefficient (Wildman–Crippen LogP) is 2.73. The van der Waals surface area contributed by atoms with Gasteiger partial charge in [-0.15, -0.1) is 12.4 Å². The van der Waals surface area contributed by atoms with E-state index in [9.17, 15) is 0 Å². The molecule has 1 aliphatic heterocycles. The number of aromatic amines is 1.